The van der Waals surface area contributed by atoms with Crippen LogP contribution >= 0.6 is 0 Å². The van der Waals surface area contributed by atoms with Gasteiger partial charge in [0.05, 0.1) is 19.8 Å². The Morgan fingerprint density at radius 3 is 2.87 bits per heavy atom. The van der Waals surface area contributed by atoms with Crippen molar-refractivity contribution in [3.63, 3.8) is 0 Å². The molecule has 15 heavy (non-hydrogen) atoms. The Morgan fingerprint density at radius 2 is 2.20 bits per heavy atom. The molecule has 6 heteroatoms. The van der Waals surface area contributed by atoms with E-state index >= 15 is 0 Å². The maximum Gasteiger partial charge on any atom is 0.445 e. The number of urea groups is 1. The Balaban J connectivity index is 2.57. The van der Waals surface area contributed by atoms with Crippen LogP contribution in [0.5, 0.6) is 0 Å². The van der Waals surface area contributed by atoms with E-state index in [1.807, 2.05) is 0 Å². The van der Waals surface area contributed by atoms with Crippen LogP contribution < -0.4 is 5.73 Å². The Kier molecular flexibility index (Phi) is 1.92. The van der Waals surface area contributed by atoms with Crippen molar-refractivity contribution in [2.24, 2.45) is 16.6 Å². The van der Waals surface area contributed by atoms with Crippen molar-refractivity contribution in [3.8, 4) is 0 Å². The number of fused-ring (bicyclic) bond motifs is 1. The van der Waals surface area contributed by atoms with Crippen LogP contribution in [0, 0.1) is 5.92 Å². The number of rotatable bonds is 0. The summed E-state index contributed by atoms with van der Waals surface area (Å²) in [5.41, 5.74) is 5.99. The molecule has 0 fully saturated rings. The first-order valence-electron chi connectivity index (χ1n) is 4.46. The van der Waals surface area contributed by atoms with Gasteiger partial charge in [-0.1, -0.05) is 0 Å². The third kappa shape index (κ3) is 1.25. The quantitative estimate of drug-likeness (QED) is 0.526. The van der Waals surface area contributed by atoms with Gasteiger partial charge in [-0.2, -0.15) is 9.48 Å². The van der Waals surface area contributed by atoms with Crippen LogP contribution in [-0.2, 0) is 4.79 Å². The van der Waals surface area contributed by atoms with Crippen molar-refractivity contribution in [3.05, 3.63) is 11.8 Å². The molecule has 0 aliphatic carbocycles. The van der Waals surface area contributed by atoms with Crippen LogP contribution in [0.3, 0.4) is 0 Å². The van der Waals surface area contributed by atoms with E-state index in [4.69, 9.17) is 5.73 Å². The fraction of sp³-hybridized carbons (Fsp3) is 0.333. The smallest absolute Gasteiger partial charge is 0.397 e. The normalized spacial score (nSPS) is 25.6. The second-order valence-corrected chi connectivity index (χ2v) is 3.50. The first kappa shape index (κ1) is 9.57. The molecule has 2 aliphatic rings. The highest BCUT2D eigenvalue weighted by Gasteiger charge is 2.43. The summed E-state index contributed by atoms with van der Waals surface area (Å²) in [7, 11) is 3.03. The van der Waals surface area contributed by atoms with E-state index in [9.17, 15) is 9.59 Å². The molecule has 2 aliphatic heterocycles. The summed E-state index contributed by atoms with van der Waals surface area (Å²) >= 11 is 0. The predicted molar refractivity (Wildman–Crippen MR) is 53.6 cm³/mol. The summed E-state index contributed by atoms with van der Waals surface area (Å²) in [4.78, 5) is 28.4. The van der Waals surface area contributed by atoms with Gasteiger partial charge in [0.2, 0.25) is 0 Å². The van der Waals surface area contributed by atoms with E-state index in [1.54, 1.807) is 13.1 Å². The van der Waals surface area contributed by atoms with Gasteiger partial charge in [-0.25, -0.2) is 4.79 Å². The van der Waals surface area contributed by atoms with E-state index in [0.29, 0.717) is 11.5 Å². The number of carbonyl (C=O) groups is 2. The Hall–Kier alpha value is -1.98. The van der Waals surface area contributed by atoms with Gasteiger partial charge in [0.1, 0.15) is 6.21 Å². The summed E-state index contributed by atoms with van der Waals surface area (Å²) in [6.07, 6.45) is 3.04. The molecule has 0 aromatic rings. The average molecular weight is 207 g/mol. The fourth-order valence-electron chi connectivity index (χ4n) is 1.63. The lowest BCUT2D eigenvalue weighted by molar-refractivity contribution is -0.407. The molecule has 2 heterocycles. The van der Waals surface area contributed by atoms with Gasteiger partial charge in [-0.15, -0.1) is 4.99 Å². The van der Waals surface area contributed by atoms with E-state index < -0.39 is 5.92 Å². The lowest BCUT2D eigenvalue weighted by Gasteiger charge is -2.23. The highest BCUT2D eigenvalue weighted by molar-refractivity contribution is 6.15. The molecule has 3 amide bonds. The molecular weight excluding hydrogens is 196 g/mol. The highest BCUT2D eigenvalue weighted by Crippen LogP contribution is 2.17. The van der Waals surface area contributed by atoms with Crippen molar-refractivity contribution >= 4 is 24.0 Å². The Bertz CT molecular complexity index is 447. The zero-order valence-corrected chi connectivity index (χ0v) is 8.47. The summed E-state index contributed by atoms with van der Waals surface area (Å²) in [6.45, 7) is 0. The molecule has 0 aromatic heterocycles. The zero-order chi connectivity index (χ0) is 11.2. The molecule has 0 aromatic carbocycles. The van der Waals surface area contributed by atoms with Gasteiger partial charge in [0.25, 0.3) is 5.84 Å². The molecule has 0 saturated carbocycles. The van der Waals surface area contributed by atoms with Gasteiger partial charge in [0.15, 0.2) is 5.92 Å². The lowest BCUT2D eigenvalue weighted by Crippen LogP contribution is -2.51. The number of allylic oxidation sites excluding steroid dienone is 1. The summed E-state index contributed by atoms with van der Waals surface area (Å²) in [5.74, 6) is -0.409. The van der Waals surface area contributed by atoms with Crippen LogP contribution in [0.25, 0.3) is 0 Å². The third-order valence-electron chi connectivity index (χ3n) is 2.50. The molecular formula is C9H11N4O2+. The minimum Gasteiger partial charge on any atom is -0.397 e. The molecule has 0 spiro atoms. The van der Waals surface area contributed by atoms with E-state index in [2.05, 4.69) is 4.99 Å². The number of carbonyl (C=O) groups excluding carboxylic acids is 2. The van der Waals surface area contributed by atoms with E-state index in [1.165, 1.54) is 17.8 Å². The largest absolute Gasteiger partial charge is 0.445 e. The predicted octanol–water partition coefficient (Wildman–Crippen LogP) is -0.838. The van der Waals surface area contributed by atoms with Crippen LogP contribution in [0.2, 0.25) is 0 Å². The lowest BCUT2D eigenvalue weighted by atomic mass is 10.0. The molecule has 78 valence electrons. The molecule has 2 N–H and O–H groups in total. The van der Waals surface area contributed by atoms with E-state index in [0.717, 1.165) is 4.90 Å². The van der Waals surface area contributed by atoms with Gasteiger partial charge in [0, 0.05) is 0 Å². The number of dihydropyridines is 1. The van der Waals surface area contributed by atoms with Crippen molar-refractivity contribution in [1.82, 2.24) is 4.90 Å². The number of imide groups is 1. The van der Waals surface area contributed by atoms with Gasteiger partial charge < -0.3 is 5.73 Å². The second-order valence-electron chi connectivity index (χ2n) is 3.50. The third-order valence-corrected chi connectivity index (χ3v) is 2.50. The summed E-state index contributed by atoms with van der Waals surface area (Å²) < 4.78 is 1.35. The SMILES string of the molecule is CN1C(=O)C2C=C(N)C=NC2=[N+](C)C1=O. The number of nitrogens with zero attached hydrogens (tertiary/aromatic N) is 3. The maximum atomic E-state index is 11.7. The number of amidine groups is 1. The monoisotopic (exact) mass is 207 g/mol. The number of aliphatic imine (C=N–C) groups is 1. The van der Waals surface area contributed by atoms with Gasteiger partial charge in [-0.3, -0.25) is 4.79 Å². The summed E-state index contributed by atoms with van der Waals surface area (Å²) in [6, 6.07) is -0.378. The number of hydrogen-bond donors (Lipinski definition) is 1. The number of hydrogen-bond acceptors (Lipinski definition) is 4. The highest BCUT2D eigenvalue weighted by atomic mass is 16.2. The Labute approximate surface area is 86.4 Å². The molecule has 6 nitrogen and oxygen atoms in total. The fourth-order valence-corrected chi connectivity index (χ4v) is 1.63. The van der Waals surface area contributed by atoms with Crippen LogP contribution in [-0.4, -0.2) is 47.6 Å². The standard InChI is InChI=1S/C9H11N4O2/c1-12-7-6(3-5(10)4-11-7)8(14)13(2)9(12)15/h3-4,6H,10H2,1-2H3/q+1. The van der Waals surface area contributed by atoms with Crippen molar-refractivity contribution < 1.29 is 14.2 Å². The molecule has 0 saturated heterocycles. The molecule has 1 atom stereocenters. The van der Waals surface area contributed by atoms with Crippen LogP contribution in [0.4, 0.5) is 4.79 Å². The molecule has 2 rings (SSSR count). The zero-order valence-electron chi connectivity index (χ0n) is 8.47. The second kappa shape index (κ2) is 3.01. The topological polar surface area (TPSA) is 78.8 Å². The average Bonchev–Trinajstić information content (AvgIpc) is 2.23. The maximum absolute atomic E-state index is 11.7. The Morgan fingerprint density at radius 1 is 1.53 bits per heavy atom. The van der Waals surface area contributed by atoms with Crippen LogP contribution in [0.1, 0.15) is 0 Å². The molecule has 1 unspecified atom stereocenters. The number of nitrogens with two attached hydrogens (primary N) is 1. The first-order chi connectivity index (χ1) is 7.02. The number of amides is 3. The molecule has 0 bridgehead atoms. The first-order valence-corrected chi connectivity index (χ1v) is 4.46. The van der Waals surface area contributed by atoms with Crippen molar-refractivity contribution in [2.75, 3.05) is 14.1 Å². The van der Waals surface area contributed by atoms with Gasteiger partial charge >= 0.3 is 11.9 Å². The summed E-state index contributed by atoms with van der Waals surface area (Å²) in [5, 5.41) is 0. The van der Waals surface area contributed by atoms with Gasteiger partial charge in [-0.05, 0) is 6.08 Å². The van der Waals surface area contributed by atoms with Crippen LogP contribution in [0.15, 0.2) is 16.8 Å². The molecule has 0 radical (unpaired) electrons. The van der Waals surface area contributed by atoms with Crippen molar-refractivity contribution in [2.45, 2.75) is 0 Å². The van der Waals surface area contributed by atoms with E-state index in [-0.39, 0.29) is 11.9 Å². The van der Waals surface area contributed by atoms with Crippen molar-refractivity contribution in [1.29, 1.82) is 0 Å². The minimum absolute atomic E-state index is 0.298. The minimum atomic E-state index is -0.539.